The molecule has 1 aromatic carbocycles. The van der Waals surface area contributed by atoms with E-state index in [1.807, 2.05) is 0 Å². The lowest BCUT2D eigenvalue weighted by molar-refractivity contribution is 0.0449. The lowest BCUT2D eigenvalue weighted by Crippen LogP contribution is -2.54. The van der Waals surface area contributed by atoms with Crippen molar-refractivity contribution in [2.75, 3.05) is 18.0 Å². The highest BCUT2D eigenvalue weighted by Gasteiger charge is 2.59. The molecule has 1 heterocycles. The lowest BCUT2D eigenvalue weighted by Gasteiger charge is -2.53. The summed E-state index contributed by atoms with van der Waals surface area (Å²) in [5, 5.41) is 0. The Labute approximate surface area is 133 Å². The van der Waals surface area contributed by atoms with E-state index >= 15 is 0 Å². The highest BCUT2D eigenvalue weighted by molar-refractivity contribution is 5.65. The largest absolute Gasteiger partial charge is 0.371 e. The van der Waals surface area contributed by atoms with E-state index in [9.17, 15) is 8.78 Å². The zero-order valence-corrected chi connectivity index (χ0v) is 15.0. The molecule has 1 nitrogen and oxygen atoms in total. The van der Waals surface area contributed by atoms with Crippen molar-refractivity contribution in [1.29, 1.82) is 0 Å². The van der Waals surface area contributed by atoms with Crippen molar-refractivity contribution in [2.24, 2.45) is 10.8 Å². The highest BCUT2D eigenvalue weighted by atomic mass is 19.2. The monoisotopic (exact) mass is 309 g/mol. The quantitative estimate of drug-likeness (QED) is 0.710. The summed E-state index contributed by atoms with van der Waals surface area (Å²) in [5.74, 6) is -1.40. The Morgan fingerprint density at radius 2 is 1.68 bits per heavy atom. The van der Waals surface area contributed by atoms with E-state index in [4.69, 9.17) is 0 Å². The Morgan fingerprint density at radius 1 is 1.09 bits per heavy atom. The number of nitrogens with zero attached hydrogens (tertiary/aromatic N) is 1. The Kier molecular flexibility index (Phi) is 4.08. The van der Waals surface area contributed by atoms with Crippen molar-refractivity contribution < 1.29 is 8.78 Å². The van der Waals surface area contributed by atoms with Gasteiger partial charge in [-0.3, -0.25) is 0 Å². The Balaban J connectivity index is 2.88. The minimum Gasteiger partial charge on any atom is -0.371 e. The molecule has 1 atom stereocenters. The van der Waals surface area contributed by atoms with Crippen LogP contribution in [0.2, 0.25) is 0 Å². The summed E-state index contributed by atoms with van der Waals surface area (Å²) < 4.78 is 28.9. The van der Waals surface area contributed by atoms with Crippen LogP contribution in [0.3, 0.4) is 0 Å². The number of benzene rings is 1. The van der Waals surface area contributed by atoms with Gasteiger partial charge in [0.1, 0.15) is 0 Å². The molecule has 0 fully saturated rings. The average Bonchev–Trinajstić information content (AvgIpc) is 2.79. The standard InChI is InChI=1S/C19H29F2N/c1-8-18(6,7)19(17(3,4)5)12-22(9-2)14-11-10-13(20)16(21)15(14)19/h10-11H,8-9,12H2,1-7H3. The van der Waals surface area contributed by atoms with Gasteiger partial charge in [0.25, 0.3) is 0 Å². The fourth-order valence-electron chi connectivity index (χ4n) is 4.42. The summed E-state index contributed by atoms with van der Waals surface area (Å²) in [6.45, 7) is 16.6. The second kappa shape index (κ2) is 5.21. The van der Waals surface area contributed by atoms with E-state index in [1.165, 1.54) is 6.07 Å². The fraction of sp³-hybridized carbons (Fsp3) is 0.684. The van der Waals surface area contributed by atoms with Gasteiger partial charge in [0, 0.05) is 29.8 Å². The molecule has 1 unspecified atom stereocenters. The van der Waals surface area contributed by atoms with E-state index in [0.717, 1.165) is 25.2 Å². The molecular weight excluding hydrogens is 280 g/mol. The summed E-state index contributed by atoms with van der Waals surface area (Å²) in [7, 11) is 0. The molecule has 1 aromatic rings. The van der Waals surface area contributed by atoms with Crippen molar-refractivity contribution in [2.45, 2.75) is 60.3 Å². The van der Waals surface area contributed by atoms with Crippen LogP contribution in [0.5, 0.6) is 0 Å². The number of fused-ring (bicyclic) bond motifs is 1. The maximum Gasteiger partial charge on any atom is 0.164 e. The Hall–Kier alpha value is -1.12. The van der Waals surface area contributed by atoms with Gasteiger partial charge in [0.15, 0.2) is 11.6 Å². The molecule has 0 radical (unpaired) electrons. The average molecular weight is 309 g/mol. The minimum atomic E-state index is -0.739. The summed E-state index contributed by atoms with van der Waals surface area (Å²) in [4.78, 5) is 2.19. The summed E-state index contributed by atoms with van der Waals surface area (Å²) in [6, 6.07) is 3.00. The molecule has 3 heteroatoms. The third-order valence-corrected chi connectivity index (χ3v) is 5.97. The van der Waals surface area contributed by atoms with Crippen LogP contribution in [0.1, 0.15) is 60.5 Å². The predicted molar refractivity (Wildman–Crippen MR) is 89.5 cm³/mol. The smallest absolute Gasteiger partial charge is 0.164 e. The number of likely N-dealkylation sites (N-methyl/N-ethyl adjacent to an activating group) is 1. The predicted octanol–water partition coefficient (Wildman–Crippen LogP) is 5.52. The molecule has 2 rings (SSSR count). The van der Waals surface area contributed by atoms with Crippen LogP contribution in [0, 0.1) is 22.5 Å². The first kappa shape index (κ1) is 17.2. The lowest BCUT2D eigenvalue weighted by atomic mass is 9.50. The van der Waals surface area contributed by atoms with E-state index < -0.39 is 17.0 Å². The summed E-state index contributed by atoms with van der Waals surface area (Å²) in [5.41, 5.74) is 0.691. The van der Waals surface area contributed by atoms with Crippen molar-refractivity contribution in [3.63, 3.8) is 0 Å². The van der Waals surface area contributed by atoms with Gasteiger partial charge >= 0.3 is 0 Å². The third kappa shape index (κ3) is 2.08. The number of hydrogen-bond acceptors (Lipinski definition) is 1. The molecule has 0 spiro atoms. The van der Waals surface area contributed by atoms with Gasteiger partial charge in [-0.2, -0.15) is 0 Å². The molecule has 0 saturated heterocycles. The van der Waals surface area contributed by atoms with Crippen LogP contribution >= 0.6 is 0 Å². The van der Waals surface area contributed by atoms with Gasteiger partial charge in [-0.1, -0.05) is 48.0 Å². The highest BCUT2D eigenvalue weighted by Crippen LogP contribution is 2.61. The van der Waals surface area contributed by atoms with Gasteiger partial charge in [-0.15, -0.1) is 0 Å². The van der Waals surface area contributed by atoms with Crippen molar-refractivity contribution >= 4 is 5.69 Å². The molecule has 0 N–H and O–H groups in total. The van der Waals surface area contributed by atoms with Gasteiger partial charge in [-0.05, 0) is 29.9 Å². The van der Waals surface area contributed by atoms with E-state index in [-0.39, 0.29) is 10.8 Å². The first-order valence-electron chi connectivity index (χ1n) is 8.27. The van der Waals surface area contributed by atoms with E-state index in [2.05, 4.69) is 53.4 Å². The maximum atomic E-state index is 14.9. The maximum absolute atomic E-state index is 14.9. The van der Waals surface area contributed by atoms with Gasteiger partial charge in [0.2, 0.25) is 0 Å². The molecule has 0 amide bonds. The molecule has 1 aliphatic rings. The van der Waals surface area contributed by atoms with Crippen LogP contribution in [-0.2, 0) is 5.41 Å². The first-order valence-corrected chi connectivity index (χ1v) is 8.27. The zero-order valence-electron chi connectivity index (χ0n) is 15.0. The van der Waals surface area contributed by atoms with Crippen LogP contribution in [-0.4, -0.2) is 13.1 Å². The molecule has 1 aliphatic heterocycles. The number of anilines is 1. The summed E-state index contributed by atoms with van der Waals surface area (Å²) in [6.07, 6.45) is 0.914. The van der Waals surface area contributed by atoms with E-state index in [1.54, 1.807) is 6.07 Å². The topological polar surface area (TPSA) is 3.24 Å². The fourth-order valence-corrected chi connectivity index (χ4v) is 4.42. The zero-order chi connectivity index (χ0) is 16.9. The normalized spacial score (nSPS) is 22.1. The Bertz CT molecular complexity index is 572. The van der Waals surface area contributed by atoms with Crippen molar-refractivity contribution in [3.05, 3.63) is 29.3 Å². The molecule has 0 aromatic heterocycles. The number of rotatable bonds is 3. The second-order valence-corrected chi connectivity index (χ2v) is 8.16. The summed E-state index contributed by atoms with van der Waals surface area (Å²) >= 11 is 0. The van der Waals surface area contributed by atoms with Crippen LogP contribution in [0.15, 0.2) is 12.1 Å². The van der Waals surface area contributed by atoms with Crippen LogP contribution in [0.25, 0.3) is 0 Å². The minimum absolute atomic E-state index is 0.140. The molecule has 22 heavy (non-hydrogen) atoms. The molecular formula is C19H29F2N. The number of halogens is 2. The molecule has 0 bridgehead atoms. The molecule has 0 aliphatic carbocycles. The van der Waals surface area contributed by atoms with Crippen molar-refractivity contribution in [1.82, 2.24) is 0 Å². The molecule has 0 saturated carbocycles. The van der Waals surface area contributed by atoms with Crippen LogP contribution < -0.4 is 4.90 Å². The van der Waals surface area contributed by atoms with Gasteiger partial charge in [0.05, 0.1) is 0 Å². The number of hydrogen-bond donors (Lipinski definition) is 0. The van der Waals surface area contributed by atoms with Crippen LogP contribution in [0.4, 0.5) is 14.5 Å². The SMILES string of the molecule is CCN1CC(C(C)(C)C)(C(C)(C)CC)c2c1ccc(F)c2F. The Morgan fingerprint density at radius 3 is 2.14 bits per heavy atom. The van der Waals surface area contributed by atoms with Crippen molar-refractivity contribution in [3.8, 4) is 0 Å². The van der Waals surface area contributed by atoms with Gasteiger partial charge < -0.3 is 4.90 Å². The first-order chi connectivity index (χ1) is 10.0. The molecule has 124 valence electrons. The van der Waals surface area contributed by atoms with Gasteiger partial charge in [-0.25, -0.2) is 8.78 Å². The second-order valence-electron chi connectivity index (χ2n) is 8.16. The van der Waals surface area contributed by atoms with E-state index in [0.29, 0.717) is 5.56 Å². The third-order valence-electron chi connectivity index (χ3n) is 5.97.